The minimum absolute atomic E-state index is 0.0956. The van der Waals surface area contributed by atoms with E-state index in [1.165, 1.54) is 4.68 Å². The highest BCUT2D eigenvalue weighted by Gasteiger charge is 2.11. The molecule has 0 unspecified atom stereocenters. The number of aromatic nitrogens is 3. The predicted octanol–water partition coefficient (Wildman–Crippen LogP) is 0.303. The lowest BCUT2D eigenvalue weighted by Crippen LogP contribution is -2.05. The summed E-state index contributed by atoms with van der Waals surface area (Å²) in [5.41, 5.74) is 12.7. The van der Waals surface area contributed by atoms with Crippen LogP contribution in [0.4, 0.5) is 11.5 Å². The van der Waals surface area contributed by atoms with Crippen LogP contribution in [0.5, 0.6) is 0 Å². The van der Waals surface area contributed by atoms with Crippen molar-refractivity contribution in [3.8, 4) is 11.8 Å². The summed E-state index contributed by atoms with van der Waals surface area (Å²) < 4.78 is 1.34. The molecule has 2 aromatic rings. The third-order valence-electron chi connectivity index (χ3n) is 1.98. The van der Waals surface area contributed by atoms with Crippen molar-refractivity contribution in [2.24, 2.45) is 0 Å². The van der Waals surface area contributed by atoms with Crippen molar-refractivity contribution in [3.63, 3.8) is 0 Å². The molecule has 74 valence electrons. The Bertz CT molecular complexity index is 536. The largest absolute Gasteiger partial charge is 0.397 e. The number of nitriles is 1. The third-order valence-corrected chi connectivity index (χ3v) is 1.98. The number of benzene rings is 1. The van der Waals surface area contributed by atoms with Crippen LogP contribution in [0.2, 0.25) is 0 Å². The first-order chi connectivity index (χ1) is 7.24. The first-order valence-electron chi connectivity index (χ1n) is 4.20. The minimum atomic E-state index is 0.0956. The number of anilines is 2. The molecule has 0 aliphatic heterocycles. The van der Waals surface area contributed by atoms with Crippen LogP contribution in [0.25, 0.3) is 5.69 Å². The number of rotatable bonds is 1. The van der Waals surface area contributed by atoms with Crippen LogP contribution in [-0.4, -0.2) is 15.0 Å². The van der Waals surface area contributed by atoms with Crippen LogP contribution in [0, 0.1) is 11.3 Å². The van der Waals surface area contributed by atoms with Crippen molar-refractivity contribution in [2.45, 2.75) is 0 Å². The summed E-state index contributed by atoms with van der Waals surface area (Å²) in [7, 11) is 0. The Morgan fingerprint density at radius 3 is 2.60 bits per heavy atom. The normalized spacial score (nSPS) is 9.80. The summed E-state index contributed by atoms with van der Waals surface area (Å²) in [4.78, 5) is 0. The highest BCUT2D eigenvalue weighted by atomic mass is 15.5. The molecule has 0 atom stereocenters. The Labute approximate surface area is 85.7 Å². The molecule has 6 heteroatoms. The zero-order chi connectivity index (χ0) is 10.8. The van der Waals surface area contributed by atoms with Crippen LogP contribution < -0.4 is 11.5 Å². The standard InChI is InChI=1S/C9H8N6/c10-5-7-9(12)15(14-13-7)8-4-2-1-3-6(8)11/h1-4H,11-12H2. The van der Waals surface area contributed by atoms with Crippen LogP contribution in [0.15, 0.2) is 24.3 Å². The monoisotopic (exact) mass is 200 g/mol. The van der Waals surface area contributed by atoms with E-state index >= 15 is 0 Å². The average Bonchev–Trinajstić information content (AvgIpc) is 2.60. The van der Waals surface area contributed by atoms with Gasteiger partial charge in [0.05, 0.1) is 11.4 Å². The highest BCUT2D eigenvalue weighted by Crippen LogP contribution is 2.19. The summed E-state index contributed by atoms with van der Waals surface area (Å²) in [6, 6.07) is 8.93. The zero-order valence-electron chi connectivity index (χ0n) is 7.75. The molecule has 0 amide bonds. The van der Waals surface area contributed by atoms with Gasteiger partial charge >= 0.3 is 0 Å². The lowest BCUT2D eigenvalue weighted by Gasteiger charge is -2.04. The molecule has 0 saturated heterocycles. The fourth-order valence-corrected chi connectivity index (χ4v) is 1.23. The molecular weight excluding hydrogens is 192 g/mol. The zero-order valence-corrected chi connectivity index (χ0v) is 7.75. The second-order valence-electron chi connectivity index (χ2n) is 2.91. The summed E-state index contributed by atoms with van der Waals surface area (Å²) in [6.45, 7) is 0. The molecule has 1 heterocycles. The maximum absolute atomic E-state index is 8.67. The van der Waals surface area contributed by atoms with Crippen molar-refractivity contribution < 1.29 is 0 Å². The fraction of sp³-hybridized carbons (Fsp3) is 0. The van der Waals surface area contributed by atoms with Gasteiger partial charge < -0.3 is 11.5 Å². The van der Waals surface area contributed by atoms with Gasteiger partial charge in [-0.2, -0.15) is 9.94 Å². The van der Waals surface area contributed by atoms with E-state index in [1.807, 2.05) is 6.07 Å². The number of nitrogen functional groups attached to an aromatic ring is 2. The maximum Gasteiger partial charge on any atom is 0.206 e. The SMILES string of the molecule is N#Cc1nnn(-c2ccccc2N)c1N. The Balaban J connectivity index is 2.61. The van der Waals surface area contributed by atoms with Gasteiger partial charge in [0, 0.05) is 0 Å². The average molecular weight is 200 g/mol. The first kappa shape index (κ1) is 9.02. The van der Waals surface area contributed by atoms with Crippen molar-refractivity contribution in [1.29, 1.82) is 5.26 Å². The van der Waals surface area contributed by atoms with Crippen LogP contribution >= 0.6 is 0 Å². The molecule has 0 radical (unpaired) electrons. The Hall–Kier alpha value is -2.55. The van der Waals surface area contributed by atoms with Gasteiger partial charge in [-0.25, -0.2) is 0 Å². The Morgan fingerprint density at radius 1 is 1.27 bits per heavy atom. The molecule has 0 spiro atoms. The van der Waals surface area contributed by atoms with E-state index in [4.69, 9.17) is 16.7 Å². The van der Waals surface area contributed by atoms with E-state index in [9.17, 15) is 0 Å². The third kappa shape index (κ3) is 1.36. The van der Waals surface area contributed by atoms with Crippen LogP contribution in [0.1, 0.15) is 5.69 Å². The van der Waals surface area contributed by atoms with Gasteiger partial charge in [-0.1, -0.05) is 17.3 Å². The van der Waals surface area contributed by atoms with Gasteiger partial charge in [-0.15, -0.1) is 5.10 Å². The molecule has 1 aromatic heterocycles. The summed E-state index contributed by atoms with van der Waals surface area (Å²) in [5.74, 6) is 0.190. The predicted molar refractivity (Wildman–Crippen MR) is 54.9 cm³/mol. The van der Waals surface area contributed by atoms with Crippen LogP contribution in [0.3, 0.4) is 0 Å². The molecule has 0 aliphatic carbocycles. The van der Waals surface area contributed by atoms with Crippen molar-refractivity contribution >= 4 is 11.5 Å². The minimum Gasteiger partial charge on any atom is -0.397 e. The van der Waals surface area contributed by atoms with E-state index in [0.717, 1.165) is 0 Å². The van der Waals surface area contributed by atoms with Crippen molar-refractivity contribution in [2.75, 3.05) is 11.5 Å². The first-order valence-corrected chi connectivity index (χ1v) is 4.20. The highest BCUT2D eigenvalue weighted by molar-refractivity contribution is 5.61. The molecule has 0 saturated carbocycles. The maximum atomic E-state index is 8.67. The van der Waals surface area contributed by atoms with Gasteiger partial charge in [-0.05, 0) is 12.1 Å². The molecule has 6 nitrogen and oxygen atoms in total. The van der Waals surface area contributed by atoms with Crippen molar-refractivity contribution in [3.05, 3.63) is 30.0 Å². The van der Waals surface area contributed by atoms with E-state index < -0.39 is 0 Å². The van der Waals surface area contributed by atoms with Gasteiger partial charge in [0.2, 0.25) is 5.69 Å². The second-order valence-corrected chi connectivity index (χ2v) is 2.91. The number of para-hydroxylation sites is 2. The van der Waals surface area contributed by atoms with E-state index in [-0.39, 0.29) is 11.5 Å². The van der Waals surface area contributed by atoms with Gasteiger partial charge in [0.25, 0.3) is 0 Å². The number of hydrogen-bond acceptors (Lipinski definition) is 5. The van der Waals surface area contributed by atoms with E-state index in [0.29, 0.717) is 11.4 Å². The van der Waals surface area contributed by atoms with E-state index in [2.05, 4.69) is 10.3 Å². The number of hydrogen-bond donors (Lipinski definition) is 2. The number of nitrogens with two attached hydrogens (primary N) is 2. The number of nitrogens with zero attached hydrogens (tertiary/aromatic N) is 4. The molecule has 0 aliphatic rings. The Kier molecular flexibility index (Phi) is 1.99. The van der Waals surface area contributed by atoms with Gasteiger partial charge in [-0.3, -0.25) is 0 Å². The Morgan fingerprint density at radius 2 is 2.00 bits per heavy atom. The van der Waals surface area contributed by atoms with Crippen LogP contribution in [-0.2, 0) is 0 Å². The molecule has 0 bridgehead atoms. The topological polar surface area (TPSA) is 107 Å². The van der Waals surface area contributed by atoms with Gasteiger partial charge in [0.1, 0.15) is 6.07 Å². The molecular formula is C9H8N6. The second kappa shape index (κ2) is 3.31. The van der Waals surface area contributed by atoms with Crippen molar-refractivity contribution in [1.82, 2.24) is 15.0 Å². The van der Waals surface area contributed by atoms with E-state index in [1.54, 1.807) is 24.3 Å². The summed E-state index contributed by atoms with van der Waals surface area (Å²) >= 11 is 0. The molecule has 1 aromatic carbocycles. The molecule has 0 fully saturated rings. The molecule has 2 rings (SSSR count). The van der Waals surface area contributed by atoms with Gasteiger partial charge in [0.15, 0.2) is 5.82 Å². The molecule has 15 heavy (non-hydrogen) atoms. The quantitative estimate of drug-likeness (QED) is 0.644. The molecule has 4 N–H and O–H groups in total. The lowest BCUT2D eigenvalue weighted by atomic mass is 10.3. The fourth-order valence-electron chi connectivity index (χ4n) is 1.23. The summed E-state index contributed by atoms with van der Waals surface area (Å²) in [5, 5.41) is 16.1. The summed E-state index contributed by atoms with van der Waals surface area (Å²) in [6.07, 6.45) is 0. The lowest BCUT2D eigenvalue weighted by molar-refractivity contribution is 0.810. The smallest absolute Gasteiger partial charge is 0.206 e.